The van der Waals surface area contributed by atoms with Crippen molar-refractivity contribution >= 4 is 10.1 Å². The summed E-state index contributed by atoms with van der Waals surface area (Å²) >= 11 is 0. The predicted molar refractivity (Wildman–Crippen MR) is 162 cm³/mol. The summed E-state index contributed by atoms with van der Waals surface area (Å²) in [6, 6.07) is 5.27. The Kier molecular flexibility index (Phi) is 8.28. The van der Waals surface area contributed by atoms with Crippen LogP contribution in [0.5, 0.6) is 0 Å². The summed E-state index contributed by atoms with van der Waals surface area (Å²) in [6.45, 7) is 12.4. The molecule has 0 bridgehead atoms. The van der Waals surface area contributed by atoms with Gasteiger partial charge in [-0.15, -0.1) is 0 Å². The quantitative estimate of drug-likeness (QED) is 0.239. The smallest absolute Gasteiger partial charge is 0.296 e. The van der Waals surface area contributed by atoms with Gasteiger partial charge in [-0.05, 0) is 148 Å². The molecule has 5 aliphatic rings. The molecule has 4 fully saturated rings. The van der Waals surface area contributed by atoms with E-state index in [1.165, 1.54) is 44.9 Å². The first kappa shape index (κ1) is 29.8. The summed E-state index contributed by atoms with van der Waals surface area (Å²) in [5.74, 6) is 2.91. The van der Waals surface area contributed by atoms with E-state index in [-0.39, 0.29) is 29.1 Å². The molecule has 0 radical (unpaired) electrons. The second-order valence-electron chi connectivity index (χ2n) is 14.7. The van der Waals surface area contributed by atoms with Crippen LogP contribution in [0.25, 0.3) is 0 Å². The first-order valence-corrected chi connectivity index (χ1v) is 17.9. The molecule has 228 valence electrons. The van der Waals surface area contributed by atoms with Gasteiger partial charge in [0.2, 0.25) is 0 Å². The minimum atomic E-state index is -3.75. The number of hydrogen-bond acceptors (Lipinski definition) is 5. The number of hydrogen-bond donors (Lipinski definition) is 0. The highest BCUT2D eigenvalue weighted by Gasteiger charge is 2.59. The van der Waals surface area contributed by atoms with Crippen LogP contribution < -0.4 is 0 Å². The fourth-order valence-electron chi connectivity index (χ4n) is 10.0. The predicted octanol–water partition coefficient (Wildman–Crippen LogP) is 8.14. The van der Waals surface area contributed by atoms with Crippen LogP contribution >= 0.6 is 0 Å². The summed E-state index contributed by atoms with van der Waals surface area (Å²) in [6.07, 6.45) is 16.0. The van der Waals surface area contributed by atoms with Gasteiger partial charge in [-0.2, -0.15) is 8.42 Å². The van der Waals surface area contributed by atoms with Gasteiger partial charge >= 0.3 is 0 Å². The van der Waals surface area contributed by atoms with Crippen molar-refractivity contribution < 1.29 is 22.1 Å². The van der Waals surface area contributed by atoms with E-state index in [2.05, 4.69) is 26.8 Å². The molecule has 4 aliphatic carbocycles. The van der Waals surface area contributed by atoms with E-state index in [1.54, 1.807) is 17.7 Å². The van der Waals surface area contributed by atoms with Gasteiger partial charge in [0.25, 0.3) is 10.1 Å². The first-order valence-electron chi connectivity index (χ1n) is 16.4. The molecule has 1 unspecified atom stereocenters. The summed E-state index contributed by atoms with van der Waals surface area (Å²) in [5.41, 5.74) is 4.27. The monoisotopic (exact) mass is 584 g/mol. The molecule has 0 aromatic heterocycles. The third kappa shape index (κ3) is 5.49. The first-order chi connectivity index (χ1) is 19.5. The Bertz CT molecular complexity index is 1250. The van der Waals surface area contributed by atoms with Gasteiger partial charge in [0.05, 0.1) is 17.6 Å². The maximum Gasteiger partial charge on any atom is 0.296 e. The number of ether oxygens (including phenoxy) is 2. The molecular weight excluding hydrogens is 532 g/mol. The standard InChI is InChI=1S/C35H52O5S/c1-23-9-11-28(20-24(23)2)41(36,37)39-22-25(3)30-13-14-31-29-12-10-26-21-27(40-33-8-6-7-19-38-33)15-17-34(26,4)32(29)16-18-35(30,31)5/h9-11,20,25,27,29-33H,6-8,12-19,21-22H2,1-5H3/t25-,27+,29+,30-,31+,32+,33?,34+,35-/m1/s1. The highest BCUT2D eigenvalue weighted by Crippen LogP contribution is 2.67. The van der Waals surface area contributed by atoms with Crippen LogP contribution in [0.15, 0.2) is 34.7 Å². The number of rotatable bonds is 7. The lowest BCUT2D eigenvalue weighted by molar-refractivity contribution is -0.195. The zero-order valence-corrected chi connectivity index (χ0v) is 26.8. The summed E-state index contributed by atoms with van der Waals surface area (Å²) in [7, 11) is -3.75. The van der Waals surface area contributed by atoms with Gasteiger partial charge in [-0.1, -0.05) is 38.5 Å². The zero-order valence-electron chi connectivity index (χ0n) is 26.0. The van der Waals surface area contributed by atoms with Crippen LogP contribution in [0.2, 0.25) is 0 Å². The Morgan fingerprint density at radius 2 is 1.83 bits per heavy atom. The minimum absolute atomic E-state index is 0.00261. The molecule has 1 aliphatic heterocycles. The van der Waals surface area contributed by atoms with Crippen molar-refractivity contribution in [2.45, 2.75) is 123 Å². The van der Waals surface area contributed by atoms with Gasteiger partial charge in [0.1, 0.15) is 0 Å². The fourth-order valence-corrected chi connectivity index (χ4v) is 11.1. The summed E-state index contributed by atoms with van der Waals surface area (Å²) in [4.78, 5) is 0.272. The van der Waals surface area contributed by atoms with Crippen LogP contribution in [0, 0.1) is 54.3 Å². The van der Waals surface area contributed by atoms with Crippen molar-refractivity contribution in [1.82, 2.24) is 0 Å². The molecule has 1 saturated heterocycles. The molecule has 1 heterocycles. The second kappa shape index (κ2) is 11.4. The van der Waals surface area contributed by atoms with E-state index < -0.39 is 10.1 Å². The van der Waals surface area contributed by atoms with Crippen molar-refractivity contribution in [2.75, 3.05) is 13.2 Å². The Hall–Kier alpha value is -1.21. The normalized spacial score (nSPS) is 39.8. The molecule has 6 rings (SSSR count). The third-order valence-corrected chi connectivity index (χ3v) is 13.8. The van der Waals surface area contributed by atoms with Crippen LogP contribution in [0.1, 0.15) is 103 Å². The Labute approximate surface area is 248 Å². The molecule has 5 nitrogen and oxygen atoms in total. The SMILES string of the molecule is Cc1ccc(S(=O)(=O)OC[C@@H](C)[C@H]2CC[C@H]3[C@@H]4CC=C5C[C@@H](OC6CCCCO6)CC[C@]5(C)[C@H]4CC[C@]23C)cc1C. The fraction of sp³-hybridized carbons (Fsp3) is 0.771. The van der Waals surface area contributed by atoms with Crippen LogP contribution in [-0.2, 0) is 23.8 Å². The lowest BCUT2D eigenvalue weighted by atomic mass is 9.47. The molecule has 0 spiro atoms. The maximum atomic E-state index is 13.0. The maximum absolute atomic E-state index is 13.0. The highest BCUT2D eigenvalue weighted by molar-refractivity contribution is 7.86. The average molecular weight is 585 g/mol. The number of aryl methyl sites for hydroxylation is 2. The molecule has 1 aromatic rings. The lowest BCUT2D eigenvalue weighted by Crippen LogP contribution is -2.51. The minimum Gasteiger partial charge on any atom is -0.353 e. The van der Waals surface area contributed by atoms with Gasteiger partial charge < -0.3 is 9.47 Å². The summed E-state index contributed by atoms with van der Waals surface area (Å²) in [5, 5.41) is 0. The topological polar surface area (TPSA) is 61.8 Å². The van der Waals surface area contributed by atoms with E-state index in [0.717, 1.165) is 55.3 Å². The Morgan fingerprint density at radius 3 is 2.59 bits per heavy atom. The van der Waals surface area contributed by atoms with Crippen molar-refractivity contribution in [3.05, 3.63) is 41.0 Å². The van der Waals surface area contributed by atoms with E-state index in [4.69, 9.17) is 13.7 Å². The van der Waals surface area contributed by atoms with Gasteiger partial charge in [0, 0.05) is 6.61 Å². The Morgan fingerprint density at radius 1 is 1.00 bits per heavy atom. The van der Waals surface area contributed by atoms with Crippen LogP contribution in [-0.4, -0.2) is 34.0 Å². The summed E-state index contributed by atoms with van der Waals surface area (Å²) < 4.78 is 44.1. The van der Waals surface area contributed by atoms with Crippen molar-refractivity contribution in [3.63, 3.8) is 0 Å². The highest BCUT2D eigenvalue weighted by atomic mass is 32.2. The van der Waals surface area contributed by atoms with Crippen LogP contribution in [0.3, 0.4) is 0 Å². The van der Waals surface area contributed by atoms with E-state index in [0.29, 0.717) is 23.4 Å². The Balaban J connectivity index is 1.11. The molecule has 0 N–H and O–H groups in total. The molecule has 9 atom stereocenters. The van der Waals surface area contributed by atoms with Crippen molar-refractivity contribution in [1.29, 1.82) is 0 Å². The number of benzene rings is 1. The van der Waals surface area contributed by atoms with Crippen LogP contribution in [0.4, 0.5) is 0 Å². The largest absolute Gasteiger partial charge is 0.353 e. The molecule has 6 heteroatoms. The third-order valence-electron chi connectivity index (χ3n) is 12.6. The van der Waals surface area contributed by atoms with E-state index in [9.17, 15) is 8.42 Å². The van der Waals surface area contributed by atoms with Gasteiger partial charge in [0.15, 0.2) is 6.29 Å². The molecule has 3 saturated carbocycles. The van der Waals surface area contributed by atoms with E-state index >= 15 is 0 Å². The lowest BCUT2D eigenvalue weighted by Gasteiger charge is -2.58. The molecule has 0 amide bonds. The number of allylic oxidation sites excluding steroid dienone is 1. The molecular formula is C35H52O5S. The van der Waals surface area contributed by atoms with Crippen molar-refractivity contribution in [3.8, 4) is 0 Å². The van der Waals surface area contributed by atoms with Gasteiger partial charge in [-0.25, -0.2) is 0 Å². The van der Waals surface area contributed by atoms with E-state index in [1.807, 2.05) is 19.9 Å². The van der Waals surface area contributed by atoms with Crippen molar-refractivity contribution in [2.24, 2.45) is 40.4 Å². The zero-order chi connectivity index (χ0) is 29.0. The second-order valence-corrected chi connectivity index (χ2v) is 16.4. The average Bonchev–Trinajstić information content (AvgIpc) is 3.31. The molecule has 41 heavy (non-hydrogen) atoms. The number of fused-ring (bicyclic) bond motifs is 5. The molecule has 1 aromatic carbocycles. The van der Waals surface area contributed by atoms with Gasteiger partial charge in [-0.3, -0.25) is 4.18 Å².